The average Bonchev–Trinajstić information content (AvgIpc) is 2.84. The second kappa shape index (κ2) is 8.99. The summed E-state index contributed by atoms with van der Waals surface area (Å²) in [6.07, 6.45) is 8.79. The van der Waals surface area contributed by atoms with Gasteiger partial charge in [-0.2, -0.15) is 0 Å². The van der Waals surface area contributed by atoms with Gasteiger partial charge in [0, 0.05) is 0 Å². The number of ether oxygens (including phenoxy) is 2. The van der Waals surface area contributed by atoms with E-state index >= 15 is 0 Å². The van der Waals surface area contributed by atoms with Crippen molar-refractivity contribution in [3.05, 3.63) is 94.0 Å². The fraction of sp³-hybridized carbons (Fsp3) is 0.286. The molecule has 0 radical (unpaired) electrons. The summed E-state index contributed by atoms with van der Waals surface area (Å²) in [6, 6.07) is 18.3. The van der Waals surface area contributed by atoms with Gasteiger partial charge in [0.1, 0.15) is 0 Å². The van der Waals surface area contributed by atoms with E-state index in [0.29, 0.717) is 11.1 Å². The Labute approximate surface area is 188 Å². The van der Waals surface area contributed by atoms with E-state index in [2.05, 4.69) is 0 Å². The van der Waals surface area contributed by atoms with E-state index < -0.39 is 11.9 Å². The molecular formula is C28H26O4. The first kappa shape index (κ1) is 20.5. The van der Waals surface area contributed by atoms with Crippen molar-refractivity contribution in [1.82, 2.24) is 0 Å². The Morgan fingerprint density at radius 1 is 0.531 bits per heavy atom. The molecule has 0 atom stereocenters. The molecule has 3 aromatic rings. The molecule has 0 spiro atoms. The molecule has 0 saturated heterocycles. The molecule has 3 aromatic carbocycles. The van der Waals surface area contributed by atoms with E-state index in [1.807, 2.05) is 36.4 Å². The van der Waals surface area contributed by atoms with E-state index in [4.69, 9.17) is 9.47 Å². The Morgan fingerprint density at radius 3 is 1.38 bits per heavy atom. The topological polar surface area (TPSA) is 52.6 Å². The summed E-state index contributed by atoms with van der Waals surface area (Å²) in [5.74, 6) is -0.422. The first-order valence-corrected chi connectivity index (χ1v) is 11.4. The zero-order valence-electron chi connectivity index (χ0n) is 18.1. The highest BCUT2D eigenvalue weighted by atomic mass is 16.6. The molecule has 2 aliphatic rings. The van der Waals surface area contributed by atoms with Crippen molar-refractivity contribution < 1.29 is 19.1 Å². The Kier molecular flexibility index (Phi) is 5.76. The van der Waals surface area contributed by atoms with Gasteiger partial charge in [-0.3, -0.25) is 0 Å². The first-order valence-electron chi connectivity index (χ1n) is 11.4. The van der Waals surface area contributed by atoms with Gasteiger partial charge in [0.15, 0.2) is 11.5 Å². The smallest absolute Gasteiger partial charge is 0.343 e. The highest BCUT2D eigenvalue weighted by Gasteiger charge is 2.19. The molecule has 5 rings (SSSR count). The number of esters is 2. The lowest BCUT2D eigenvalue weighted by molar-refractivity contribution is 0.0682. The third-order valence-corrected chi connectivity index (χ3v) is 6.42. The van der Waals surface area contributed by atoms with Gasteiger partial charge in [0.25, 0.3) is 0 Å². The lowest BCUT2D eigenvalue weighted by Gasteiger charge is -2.17. The lowest BCUT2D eigenvalue weighted by atomic mass is 9.90. The number of rotatable bonds is 4. The number of fused-ring (bicyclic) bond motifs is 2. The maximum atomic E-state index is 12.8. The summed E-state index contributed by atoms with van der Waals surface area (Å²) >= 11 is 0. The van der Waals surface area contributed by atoms with Crippen molar-refractivity contribution >= 4 is 11.9 Å². The molecule has 4 nitrogen and oxygen atoms in total. The van der Waals surface area contributed by atoms with Crippen molar-refractivity contribution in [2.45, 2.75) is 51.4 Å². The van der Waals surface area contributed by atoms with E-state index in [0.717, 1.165) is 38.5 Å². The van der Waals surface area contributed by atoms with Crippen LogP contribution in [0.5, 0.6) is 11.5 Å². The summed E-state index contributed by atoms with van der Waals surface area (Å²) in [6.45, 7) is 0. The molecule has 162 valence electrons. The van der Waals surface area contributed by atoms with E-state index in [-0.39, 0.29) is 11.5 Å². The maximum absolute atomic E-state index is 12.8. The Hall–Kier alpha value is -3.40. The molecule has 0 heterocycles. The second-order valence-electron chi connectivity index (χ2n) is 8.61. The van der Waals surface area contributed by atoms with E-state index in [9.17, 15) is 9.59 Å². The van der Waals surface area contributed by atoms with Gasteiger partial charge in [0.05, 0.1) is 11.1 Å². The van der Waals surface area contributed by atoms with Crippen molar-refractivity contribution in [3.63, 3.8) is 0 Å². The van der Waals surface area contributed by atoms with Crippen LogP contribution in [0.25, 0.3) is 0 Å². The van der Waals surface area contributed by atoms with Crippen molar-refractivity contribution in [1.29, 1.82) is 0 Å². The number of carbonyl (C=O) groups is 2. The zero-order valence-corrected chi connectivity index (χ0v) is 18.1. The van der Waals surface area contributed by atoms with Gasteiger partial charge in [-0.05, 0) is 110 Å². The normalized spacial score (nSPS) is 14.8. The van der Waals surface area contributed by atoms with Gasteiger partial charge >= 0.3 is 11.9 Å². The van der Waals surface area contributed by atoms with Crippen molar-refractivity contribution in [2.24, 2.45) is 0 Å². The van der Waals surface area contributed by atoms with Gasteiger partial charge in [0.2, 0.25) is 0 Å². The molecule has 0 amide bonds. The van der Waals surface area contributed by atoms with Crippen LogP contribution in [0.4, 0.5) is 0 Å². The lowest BCUT2D eigenvalue weighted by Crippen LogP contribution is -2.14. The summed E-state index contributed by atoms with van der Waals surface area (Å²) in [4.78, 5) is 25.6. The summed E-state index contributed by atoms with van der Waals surface area (Å²) in [5, 5.41) is 0. The third-order valence-electron chi connectivity index (χ3n) is 6.42. The van der Waals surface area contributed by atoms with Crippen molar-refractivity contribution in [3.8, 4) is 11.5 Å². The second-order valence-corrected chi connectivity index (χ2v) is 8.61. The number of hydrogen-bond acceptors (Lipinski definition) is 4. The predicted molar refractivity (Wildman–Crippen MR) is 123 cm³/mol. The van der Waals surface area contributed by atoms with Crippen molar-refractivity contribution in [2.75, 3.05) is 0 Å². The van der Waals surface area contributed by atoms with Gasteiger partial charge in [-0.25, -0.2) is 9.59 Å². The van der Waals surface area contributed by atoms with E-state index in [1.165, 1.54) is 35.1 Å². The molecular weight excluding hydrogens is 400 g/mol. The van der Waals surface area contributed by atoms with E-state index in [1.54, 1.807) is 24.3 Å². The Bertz CT molecular complexity index is 1090. The van der Waals surface area contributed by atoms with Gasteiger partial charge in [-0.1, -0.05) is 24.3 Å². The van der Waals surface area contributed by atoms with Crippen LogP contribution in [0, 0.1) is 0 Å². The van der Waals surface area contributed by atoms with Gasteiger partial charge in [-0.15, -0.1) is 0 Å². The van der Waals surface area contributed by atoms with Crippen LogP contribution in [0.2, 0.25) is 0 Å². The minimum absolute atomic E-state index is 0.238. The Balaban J connectivity index is 1.33. The number of carbonyl (C=O) groups excluding carboxylic acids is 2. The van der Waals surface area contributed by atoms with Crippen LogP contribution < -0.4 is 9.47 Å². The first-order chi connectivity index (χ1) is 15.7. The standard InChI is InChI=1S/C28H26O4/c29-27(23-15-13-19-7-1-3-9-21(19)17-23)31-25-11-5-6-12-26(25)32-28(30)24-16-14-20-8-2-4-10-22(20)18-24/h5-6,11-18H,1-4,7-10H2. The summed E-state index contributed by atoms with van der Waals surface area (Å²) in [7, 11) is 0. The monoisotopic (exact) mass is 426 g/mol. The fourth-order valence-electron chi connectivity index (χ4n) is 4.66. The summed E-state index contributed by atoms with van der Waals surface area (Å²) < 4.78 is 11.3. The fourth-order valence-corrected chi connectivity index (χ4v) is 4.66. The SMILES string of the molecule is O=C(Oc1ccccc1OC(=O)c1ccc2c(c1)CCCC2)c1ccc2c(c1)CCCC2. The predicted octanol–water partition coefficient (Wildman–Crippen LogP) is 5.88. The molecule has 2 aliphatic carbocycles. The number of aryl methyl sites for hydroxylation is 4. The van der Waals surface area contributed by atoms with Gasteiger partial charge < -0.3 is 9.47 Å². The molecule has 0 aromatic heterocycles. The molecule has 0 aliphatic heterocycles. The third kappa shape index (κ3) is 4.31. The number of benzene rings is 3. The minimum Gasteiger partial charge on any atom is -0.419 e. The molecule has 0 bridgehead atoms. The van der Waals surface area contributed by atoms with Crippen LogP contribution in [-0.2, 0) is 25.7 Å². The van der Waals surface area contributed by atoms with Crippen LogP contribution in [-0.4, -0.2) is 11.9 Å². The van der Waals surface area contributed by atoms with Crippen LogP contribution >= 0.6 is 0 Å². The Morgan fingerprint density at radius 2 is 0.938 bits per heavy atom. The maximum Gasteiger partial charge on any atom is 0.343 e. The highest BCUT2D eigenvalue weighted by Crippen LogP contribution is 2.30. The number of hydrogen-bond donors (Lipinski definition) is 0. The largest absolute Gasteiger partial charge is 0.419 e. The molecule has 0 saturated carbocycles. The van der Waals surface area contributed by atoms with Crippen LogP contribution in [0.1, 0.15) is 68.7 Å². The van der Waals surface area contributed by atoms with Crippen LogP contribution in [0.3, 0.4) is 0 Å². The average molecular weight is 427 g/mol. The highest BCUT2D eigenvalue weighted by molar-refractivity contribution is 5.93. The molecule has 0 fully saturated rings. The molecule has 0 N–H and O–H groups in total. The molecule has 4 heteroatoms. The molecule has 32 heavy (non-hydrogen) atoms. The van der Waals surface area contributed by atoms with Crippen LogP contribution in [0.15, 0.2) is 60.7 Å². The number of para-hydroxylation sites is 2. The minimum atomic E-state index is -0.448. The molecule has 0 unspecified atom stereocenters. The zero-order chi connectivity index (χ0) is 21.9. The summed E-state index contributed by atoms with van der Waals surface area (Å²) in [5.41, 5.74) is 6.10. The quantitative estimate of drug-likeness (QED) is 0.386.